The van der Waals surface area contributed by atoms with Gasteiger partial charge in [-0.25, -0.2) is 0 Å². The van der Waals surface area contributed by atoms with Crippen LogP contribution in [0.4, 0.5) is 0 Å². The van der Waals surface area contributed by atoms with E-state index in [0.29, 0.717) is 0 Å². The van der Waals surface area contributed by atoms with Gasteiger partial charge in [-0.3, -0.25) is 0 Å². The molecule has 0 aliphatic heterocycles. The average Bonchev–Trinajstić information content (AvgIpc) is 1.59. The Labute approximate surface area is 47.8 Å². The first-order chi connectivity index (χ1) is 3.56. The molecule has 0 aromatic rings. The number of nitrogens with two attached hydrogens (primary N) is 1. The van der Waals surface area contributed by atoms with Gasteiger partial charge in [0.1, 0.15) is 0 Å². The predicted octanol–water partition coefficient (Wildman–Crippen LogP) is -1.07. The maximum absolute atomic E-state index is 8.29. The molecular formula is C3H10NO3P. The molecular weight excluding hydrogens is 129 g/mol. The number of hydrogen-bond acceptors (Lipinski definition) is 4. The van der Waals surface area contributed by atoms with E-state index in [0.717, 1.165) is 6.20 Å². The molecule has 0 fully saturated rings. The second kappa shape index (κ2) is 2.99. The van der Waals surface area contributed by atoms with Gasteiger partial charge in [-0.1, -0.05) is 0 Å². The van der Waals surface area contributed by atoms with Crippen LogP contribution in [-0.4, -0.2) is 20.8 Å². The van der Waals surface area contributed by atoms with Crippen molar-refractivity contribution >= 4 is 7.94 Å². The minimum atomic E-state index is -3.84. The third kappa shape index (κ3) is 5.85. The van der Waals surface area contributed by atoms with E-state index in [1.807, 2.05) is 0 Å². The first-order valence-electron chi connectivity index (χ1n) is 2.10. The molecule has 5 N–H and O–H groups in total. The van der Waals surface area contributed by atoms with Gasteiger partial charge < -0.3 is 0 Å². The molecule has 0 amide bonds. The first kappa shape index (κ1) is 7.85. The first-order valence-corrected chi connectivity index (χ1v) is 4.15. The molecule has 0 aliphatic rings. The molecule has 0 heterocycles. The van der Waals surface area contributed by atoms with Crippen LogP contribution >= 0.6 is 7.94 Å². The second-order valence-electron chi connectivity index (χ2n) is 1.41. The Morgan fingerprint density at radius 3 is 2.00 bits per heavy atom. The molecule has 50 valence electrons. The van der Waals surface area contributed by atoms with Crippen LogP contribution in [0.3, 0.4) is 0 Å². The summed E-state index contributed by atoms with van der Waals surface area (Å²) >= 11 is 0. The fourth-order valence-electron chi connectivity index (χ4n) is 0.226. The van der Waals surface area contributed by atoms with E-state index in [-0.39, 0.29) is 6.16 Å². The van der Waals surface area contributed by atoms with Gasteiger partial charge in [0, 0.05) is 0 Å². The van der Waals surface area contributed by atoms with Crippen molar-refractivity contribution < 1.29 is 14.7 Å². The third-order valence-electron chi connectivity index (χ3n) is 0.528. The van der Waals surface area contributed by atoms with Crippen LogP contribution in [0.2, 0.25) is 0 Å². The molecule has 0 unspecified atom stereocenters. The zero-order valence-corrected chi connectivity index (χ0v) is 5.28. The van der Waals surface area contributed by atoms with Gasteiger partial charge >= 0.3 is 46.8 Å². The Hall–Kier alpha value is -0.150. The van der Waals surface area contributed by atoms with E-state index >= 15 is 0 Å². The molecule has 0 spiro atoms. The summed E-state index contributed by atoms with van der Waals surface area (Å²) in [6, 6.07) is 0. The quantitative estimate of drug-likeness (QED) is 0.367. The van der Waals surface area contributed by atoms with Crippen LogP contribution in [0, 0.1) is 0 Å². The zero-order valence-electron chi connectivity index (χ0n) is 4.28. The number of allylic oxidation sites excluding steroid dienone is 1. The number of rotatable bonds is 2. The summed E-state index contributed by atoms with van der Waals surface area (Å²) in [6.07, 6.45) is 2.32. The minimum absolute atomic E-state index is 0.135. The van der Waals surface area contributed by atoms with Crippen molar-refractivity contribution in [2.75, 3.05) is 6.16 Å². The van der Waals surface area contributed by atoms with Gasteiger partial charge in [0.2, 0.25) is 0 Å². The van der Waals surface area contributed by atoms with E-state index < -0.39 is 7.94 Å². The van der Waals surface area contributed by atoms with Crippen molar-refractivity contribution in [1.29, 1.82) is 0 Å². The monoisotopic (exact) mass is 139 g/mol. The molecule has 4 nitrogen and oxygen atoms in total. The molecule has 0 saturated heterocycles. The van der Waals surface area contributed by atoms with Crippen molar-refractivity contribution in [1.82, 2.24) is 0 Å². The molecule has 8 heavy (non-hydrogen) atoms. The average molecular weight is 139 g/mol. The normalized spacial score (nSPS) is 14.9. The Kier molecular flexibility index (Phi) is 2.94. The Morgan fingerprint density at radius 1 is 1.38 bits per heavy atom. The summed E-state index contributed by atoms with van der Waals surface area (Å²) in [5.74, 6) is 0. The molecule has 0 saturated carbocycles. The van der Waals surface area contributed by atoms with Crippen LogP contribution in [-0.2, 0) is 0 Å². The van der Waals surface area contributed by atoms with Crippen molar-refractivity contribution in [3.63, 3.8) is 0 Å². The fraction of sp³-hybridized carbons (Fsp3) is 0.333. The van der Waals surface area contributed by atoms with Gasteiger partial charge in [0.15, 0.2) is 0 Å². The van der Waals surface area contributed by atoms with Gasteiger partial charge in [-0.2, -0.15) is 0 Å². The van der Waals surface area contributed by atoms with Crippen LogP contribution in [0.15, 0.2) is 12.3 Å². The molecule has 0 aliphatic carbocycles. The molecule has 5 heteroatoms. The third-order valence-corrected chi connectivity index (χ3v) is 1.31. The van der Waals surface area contributed by atoms with Crippen LogP contribution < -0.4 is 5.73 Å². The van der Waals surface area contributed by atoms with Crippen LogP contribution in [0.25, 0.3) is 0 Å². The molecule has 0 aromatic heterocycles. The van der Waals surface area contributed by atoms with Crippen LogP contribution in [0.1, 0.15) is 0 Å². The summed E-state index contributed by atoms with van der Waals surface area (Å²) in [5, 5.41) is 0. The van der Waals surface area contributed by atoms with Gasteiger partial charge in [0.05, 0.1) is 0 Å². The van der Waals surface area contributed by atoms with Crippen molar-refractivity contribution in [3.05, 3.63) is 12.3 Å². The molecule has 0 aromatic carbocycles. The molecule has 0 radical (unpaired) electrons. The molecule has 0 rings (SSSR count). The van der Waals surface area contributed by atoms with Gasteiger partial charge in [-0.15, -0.1) is 0 Å². The van der Waals surface area contributed by atoms with Gasteiger partial charge in [0.25, 0.3) is 0 Å². The standard InChI is InChI=1S/C3H10NO3P/c4-2-1-3-8(5,6)7/h1-2,5-8H,3-4H2. The van der Waals surface area contributed by atoms with Gasteiger partial charge in [-0.05, 0) is 0 Å². The number of hydrogen-bond donors (Lipinski definition) is 4. The molecule has 0 atom stereocenters. The van der Waals surface area contributed by atoms with E-state index in [1.54, 1.807) is 0 Å². The maximum atomic E-state index is 8.29. The fourth-order valence-corrected chi connectivity index (χ4v) is 0.678. The second-order valence-corrected chi connectivity index (χ2v) is 3.36. The summed E-state index contributed by atoms with van der Waals surface area (Å²) in [6.45, 7) is 0. The van der Waals surface area contributed by atoms with E-state index in [4.69, 9.17) is 20.4 Å². The molecule has 0 bridgehead atoms. The Bertz CT molecular complexity index is 87.0. The predicted molar refractivity (Wildman–Crippen MR) is 33.2 cm³/mol. The van der Waals surface area contributed by atoms with E-state index in [1.165, 1.54) is 6.08 Å². The summed E-state index contributed by atoms with van der Waals surface area (Å²) in [7, 11) is -3.84. The van der Waals surface area contributed by atoms with Crippen molar-refractivity contribution in [2.24, 2.45) is 5.73 Å². The summed E-state index contributed by atoms with van der Waals surface area (Å²) in [5.41, 5.74) is 4.84. The van der Waals surface area contributed by atoms with Crippen molar-refractivity contribution in [3.8, 4) is 0 Å². The Morgan fingerprint density at radius 2 is 1.88 bits per heavy atom. The topological polar surface area (TPSA) is 86.7 Å². The van der Waals surface area contributed by atoms with Crippen molar-refractivity contribution in [2.45, 2.75) is 0 Å². The Balaban J connectivity index is 3.39. The summed E-state index contributed by atoms with van der Waals surface area (Å²) < 4.78 is 0. The van der Waals surface area contributed by atoms with E-state index in [9.17, 15) is 0 Å². The SMILES string of the molecule is NC=CC[PH](O)(O)O. The van der Waals surface area contributed by atoms with Crippen LogP contribution in [0.5, 0.6) is 0 Å². The van der Waals surface area contributed by atoms with E-state index in [2.05, 4.69) is 0 Å². The summed E-state index contributed by atoms with van der Waals surface area (Å²) in [4.78, 5) is 24.9. The zero-order chi connectivity index (χ0) is 6.62.